The van der Waals surface area contributed by atoms with Crippen molar-refractivity contribution in [3.05, 3.63) is 46.4 Å². The van der Waals surface area contributed by atoms with Crippen LogP contribution in [0.1, 0.15) is 39.4 Å². The molecule has 4 aromatic rings. The minimum absolute atomic E-state index is 0.0188. The molecule has 0 aliphatic carbocycles. The summed E-state index contributed by atoms with van der Waals surface area (Å²) in [5.41, 5.74) is 7.22. The van der Waals surface area contributed by atoms with Crippen LogP contribution in [0, 0.1) is 6.92 Å². The summed E-state index contributed by atoms with van der Waals surface area (Å²) >= 11 is 1.28. The summed E-state index contributed by atoms with van der Waals surface area (Å²) in [5.74, 6) is 0.343. The van der Waals surface area contributed by atoms with Crippen molar-refractivity contribution in [1.29, 1.82) is 0 Å². The molecule has 182 valence electrons. The molecule has 0 fully saturated rings. The number of carbonyl (C=O) groups is 2. The number of anilines is 1. The van der Waals surface area contributed by atoms with Crippen molar-refractivity contribution in [3.8, 4) is 22.1 Å². The van der Waals surface area contributed by atoms with Crippen molar-refractivity contribution in [2.45, 2.75) is 20.5 Å². The normalized spacial score (nSPS) is 10.9. The third-order valence-electron chi connectivity index (χ3n) is 4.96. The first-order valence-electron chi connectivity index (χ1n) is 10.4. The summed E-state index contributed by atoms with van der Waals surface area (Å²) in [6.45, 7) is 3.23. The highest BCUT2D eigenvalue weighted by Gasteiger charge is 2.24. The van der Waals surface area contributed by atoms with Gasteiger partial charge in [-0.05, 0) is 32.0 Å². The molecule has 0 saturated heterocycles. The quantitative estimate of drug-likeness (QED) is 0.354. The maximum Gasteiger partial charge on any atom is 0.358 e. The molecule has 0 aliphatic rings. The summed E-state index contributed by atoms with van der Waals surface area (Å²) in [6.07, 6.45) is 0. The Morgan fingerprint density at radius 3 is 2.54 bits per heavy atom. The Balaban J connectivity index is 1.50. The van der Waals surface area contributed by atoms with Crippen LogP contribution < -0.4 is 15.2 Å². The van der Waals surface area contributed by atoms with Gasteiger partial charge in [-0.3, -0.25) is 0 Å². The molecule has 12 heteroatoms. The number of hydrogen-bond acceptors (Lipinski definition) is 12. The van der Waals surface area contributed by atoms with Crippen LogP contribution in [-0.2, 0) is 16.1 Å². The van der Waals surface area contributed by atoms with E-state index >= 15 is 0 Å². The number of aromatic nitrogens is 3. The van der Waals surface area contributed by atoms with Gasteiger partial charge in [-0.1, -0.05) is 0 Å². The van der Waals surface area contributed by atoms with Crippen LogP contribution in [0.25, 0.3) is 21.7 Å². The first-order valence-corrected chi connectivity index (χ1v) is 11.3. The molecular formula is C23H22N4O7S. The van der Waals surface area contributed by atoms with Crippen molar-refractivity contribution in [1.82, 2.24) is 15.0 Å². The number of aryl methyl sites for hydroxylation is 1. The second-order valence-electron chi connectivity index (χ2n) is 7.14. The van der Waals surface area contributed by atoms with E-state index < -0.39 is 11.9 Å². The standard InChI is InChI=1S/C23H22N4O7S/c1-5-32-23(29)17-11(2)34-20-18(17)19(24)26-16(27-20)9-33-22(28)13-10-35-21(25-13)12-6-7-14(30-3)15(8-12)31-4/h6-8,10H,5,9H2,1-4H3,(H2,24,26,27). The number of fused-ring (bicyclic) bond motifs is 1. The Morgan fingerprint density at radius 1 is 1.06 bits per heavy atom. The van der Waals surface area contributed by atoms with Crippen molar-refractivity contribution in [2.75, 3.05) is 26.6 Å². The second-order valence-corrected chi connectivity index (χ2v) is 8.00. The number of rotatable bonds is 8. The number of nitrogen functional groups attached to an aromatic ring is 1. The average molecular weight is 499 g/mol. The molecule has 11 nitrogen and oxygen atoms in total. The van der Waals surface area contributed by atoms with E-state index in [-0.39, 0.29) is 47.2 Å². The Labute approximate surface area is 203 Å². The molecule has 0 radical (unpaired) electrons. The third kappa shape index (κ3) is 4.73. The van der Waals surface area contributed by atoms with Gasteiger partial charge in [0.1, 0.15) is 22.1 Å². The number of hydrogen-bond donors (Lipinski definition) is 1. The average Bonchev–Trinajstić information content (AvgIpc) is 3.47. The second kappa shape index (κ2) is 9.97. The Bertz CT molecular complexity index is 1410. The lowest BCUT2D eigenvalue weighted by Gasteiger charge is -2.08. The van der Waals surface area contributed by atoms with E-state index in [9.17, 15) is 9.59 Å². The molecule has 1 aromatic carbocycles. The molecule has 0 bridgehead atoms. The number of nitrogens with two attached hydrogens (primary N) is 1. The summed E-state index contributed by atoms with van der Waals surface area (Å²) in [4.78, 5) is 37.5. The SMILES string of the molecule is CCOC(=O)c1c(C)oc2nc(COC(=O)c3csc(-c4ccc(OC)c(OC)c4)n3)nc(N)c12. The lowest BCUT2D eigenvalue weighted by molar-refractivity contribution is 0.0455. The highest BCUT2D eigenvalue weighted by molar-refractivity contribution is 7.13. The van der Waals surface area contributed by atoms with Crippen molar-refractivity contribution >= 4 is 40.2 Å². The zero-order chi connectivity index (χ0) is 25.1. The molecule has 0 saturated carbocycles. The zero-order valence-electron chi connectivity index (χ0n) is 19.4. The molecule has 4 rings (SSSR count). The smallest absolute Gasteiger partial charge is 0.358 e. The van der Waals surface area contributed by atoms with Gasteiger partial charge in [0.2, 0.25) is 5.71 Å². The van der Waals surface area contributed by atoms with E-state index in [2.05, 4.69) is 15.0 Å². The van der Waals surface area contributed by atoms with Crippen LogP contribution in [0.4, 0.5) is 5.82 Å². The van der Waals surface area contributed by atoms with Gasteiger partial charge in [-0.15, -0.1) is 11.3 Å². The van der Waals surface area contributed by atoms with Crippen LogP contribution in [0.15, 0.2) is 28.0 Å². The van der Waals surface area contributed by atoms with E-state index in [1.54, 1.807) is 45.6 Å². The molecule has 3 aromatic heterocycles. The highest BCUT2D eigenvalue weighted by atomic mass is 32.1. The molecule has 35 heavy (non-hydrogen) atoms. The zero-order valence-corrected chi connectivity index (χ0v) is 20.2. The first kappa shape index (κ1) is 24.0. The summed E-state index contributed by atoms with van der Waals surface area (Å²) in [7, 11) is 3.09. The number of methoxy groups -OCH3 is 2. The van der Waals surface area contributed by atoms with Crippen molar-refractivity contribution < 1.29 is 33.0 Å². The van der Waals surface area contributed by atoms with Crippen molar-refractivity contribution in [3.63, 3.8) is 0 Å². The van der Waals surface area contributed by atoms with E-state index in [1.807, 2.05) is 6.07 Å². The van der Waals surface area contributed by atoms with E-state index in [0.29, 0.717) is 22.3 Å². The van der Waals surface area contributed by atoms with E-state index in [4.69, 9.17) is 29.1 Å². The van der Waals surface area contributed by atoms with Gasteiger partial charge in [0, 0.05) is 10.9 Å². The van der Waals surface area contributed by atoms with Crippen LogP contribution in [0.2, 0.25) is 0 Å². The van der Waals surface area contributed by atoms with Gasteiger partial charge in [-0.2, -0.15) is 4.98 Å². The molecule has 0 amide bonds. The topological polar surface area (TPSA) is 149 Å². The molecule has 0 unspecified atom stereocenters. The third-order valence-corrected chi connectivity index (χ3v) is 5.85. The van der Waals surface area contributed by atoms with Gasteiger partial charge in [0.25, 0.3) is 0 Å². The van der Waals surface area contributed by atoms with Gasteiger partial charge < -0.3 is 29.1 Å². The van der Waals surface area contributed by atoms with E-state index in [0.717, 1.165) is 5.56 Å². The van der Waals surface area contributed by atoms with E-state index in [1.165, 1.54) is 11.3 Å². The fourth-order valence-corrected chi connectivity index (χ4v) is 4.16. The maximum absolute atomic E-state index is 12.6. The number of esters is 2. The summed E-state index contributed by atoms with van der Waals surface area (Å²) in [5, 5.41) is 2.46. The Hall–Kier alpha value is -4.19. The first-order chi connectivity index (χ1) is 16.9. The number of thiazole rings is 1. The van der Waals surface area contributed by atoms with Gasteiger partial charge in [-0.25, -0.2) is 19.6 Å². The predicted octanol–water partition coefficient (Wildman–Crippen LogP) is 3.79. The number of carbonyl (C=O) groups excluding carboxylic acids is 2. The lowest BCUT2D eigenvalue weighted by atomic mass is 10.2. The molecule has 0 spiro atoms. The van der Waals surface area contributed by atoms with Gasteiger partial charge in [0.15, 0.2) is 29.6 Å². The Morgan fingerprint density at radius 2 is 1.83 bits per heavy atom. The fraction of sp³-hybridized carbons (Fsp3) is 0.261. The highest BCUT2D eigenvalue weighted by Crippen LogP contribution is 2.34. The predicted molar refractivity (Wildman–Crippen MR) is 127 cm³/mol. The molecule has 2 N–H and O–H groups in total. The fourth-order valence-electron chi connectivity index (χ4n) is 3.37. The van der Waals surface area contributed by atoms with Crippen LogP contribution in [0.3, 0.4) is 0 Å². The summed E-state index contributed by atoms with van der Waals surface area (Å²) in [6, 6.07) is 5.35. The largest absolute Gasteiger partial charge is 0.493 e. The number of ether oxygens (including phenoxy) is 4. The molecule has 0 atom stereocenters. The Kier molecular flexibility index (Phi) is 6.82. The number of furan rings is 1. The molecular weight excluding hydrogens is 476 g/mol. The lowest BCUT2D eigenvalue weighted by Crippen LogP contribution is -2.10. The monoisotopic (exact) mass is 498 g/mol. The molecule has 0 aliphatic heterocycles. The van der Waals surface area contributed by atoms with Crippen LogP contribution in [-0.4, -0.2) is 47.7 Å². The van der Waals surface area contributed by atoms with Gasteiger partial charge >= 0.3 is 11.9 Å². The minimum Gasteiger partial charge on any atom is -0.493 e. The number of nitrogens with zero attached hydrogens (tertiary/aromatic N) is 3. The maximum atomic E-state index is 12.6. The minimum atomic E-state index is -0.655. The van der Waals surface area contributed by atoms with Crippen LogP contribution in [0.5, 0.6) is 11.5 Å². The molecule has 3 heterocycles. The van der Waals surface area contributed by atoms with Gasteiger partial charge in [0.05, 0.1) is 26.2 Å². The summed E-state index contributed by atoms with van der Waals surface area (Å²) < 4.78 is 26.5. The number of benzene rings is 1. The van der Waals surface area contributed by atoms with Crippen molar-refractivity contribution in [2.24, 2.45) is 0 Å². The van der Waals surface area contributed by atoms with Crippen LogP contribution >= 0.6 is 11.3 Å².